The minimum absolute atomic E-state index is 0.441. The summed E-state index contributed by atoms with van der Waals surface area (Å²) in [5, 5.41) is 13.7. The Morgan fingerprint density at radius 3 is 2.59 bits per heavy atom. The second kappa shape index (κ2) is 7.35. The summed E-state index contributed by atoms with van der Waals surface area (Å²) < 4.78 is 1.94. The van der Waals surface area contributed by atoms with E-state index >= 15 is 0 Å². The van der Waals surface area contributed by atoms with Gasteiger partial charge in [0.2, 0.25) is 0 Å². The lowest BCUT2D eigenvalue weighted by molar-refractivity contribution is 0.180. The van der Waals surface area contributed by atoms with E-state index in [2.05, 4.69) is 20.1 Å². The quantitative estimate of drug-likeness (QED) is 0.710. The van der Waals surface area contributed by atoms with Gasteiger partial charge >= 0.3 is 0 Å². The van der Waals surface area contributed by atoms with Crippen LogP contribution in [0.25, 0.3) is 16.9 Å². The molecule has 0 spiro atoms. The number of fused-ring (bicyclic) bond motifs is 1. The van der Waals surface area contributed by atoms with Crippen LogP contribution < -0.4 is 0 Å². The van der Waals surface area contributed by atoms with Crippen LogP contribution in [0.15, 0.2) is 36.7 Å². The average Bonchev–Trinajstić information content (AvgIpc) is 3.39. The van der Waals surface area contributed by atoms with Crippen molar-refractivity contribution in [2.24, 2.45) is 5.92 Å². The molecular formula is C21H26N6. The smallest absolute Gasteiger partial charge is 0.177 e. The van der Waals surface area contributed by atoms with Crippen molar-refractivity contribution < 1.29 is 0 Å². The zero-order chi connectivity index (χ0) is 18.1. The van der Waals surface area contributed by atoms with E-state index in [9.17, 15) is 0 Å². The molecule has 0 unspecified atom stereocenters. The maximum atomic E-state index is 4.82. The van der Waals surface area contributed by atoms with Crippen LogP contribution in [0.5, 0.6) is 0 Å². The van der Waals surface area contributed by atoms with E-state index in [1.54, 1.807) is 6.20 Å². The molecule has 5 rings (SSSR count). The summed E-state index contributed by atoms with van der Waals surface area (Å²) in [6, 6.07) is 7.97. The van der Waals surface area contributed by atoms with Gasteiger partial charge in [0, 0.05) is 30.4 Å². The van der Waals surface area contributed by atoms with Crippen molar-refractivity contribution in [3.8, 4) is 11.3 Å². The second-order valence-electron chi connectivity index (χ2n) is 8.01. The van der Waals surface area contributed by atoms with Gasteiger partial charge in [-0.25, -0.2) is 0 Å². The largest absolute Gasteiger partial charge is 0.303 e. The van der Waals surface area contributed by atoms with Crippen LogP contribution >= 0.6 is 0 Å². The molecule has 0 atom stereocenters. The fourth-order valence-electron chi connectivity index (χ4n) is 4.66. The average molecular weight is 362 g/mol. The number of pyridine rings is 1. The van der Waals surface area contributed by atoms with E-state index in [1.807, 2.05) is 35.0 Å². The van der Waals surface area contributed by atoms with Crippen LogP contribution in [-0.2, 0) is 0 Å². The summed E-state index contributed by atoms with van der Waals surface area (Å²) in [5.41, 5.74) is 2.76. The van der Waals surface area contributed by atoms with E-state index in [4.69, 9.17) is 5.10 Å². The van der Waals surface area contributed by atoms with Gasteiger partial charge in [-0.2, -0.15) is 9.61 Å². The van der Waals surface area contributed by atoms with Crippen molar-refractivity contribution in [1.29, 1.82) is 0 Å². The van der Waals surface area contributed by atoms with Gasteiger partial charge in [0.15, 0.2) is 11.5 Å². The predicted molar refractivity (Wildman–Crippen MR) is 104 cm³/mol. The molecule has 1 saturated carbocycles. The SMILES string of the molecule is c1cncc(-c2ccc3nnc(C4CCN(CC5CCCC5)CC4)n3n2)c1. The summed E-state index contributed by atoms with van der Waals surface area (Å²) in [6.45, 7) is 3.62. The highest BCUT2D eigenvalue weighted by Crippen LogP contribution is 2.30. The molecule has 2 aliphatic rings. The zero-order valence-electron chi connectivity index (χ0n) is 15.7. The molecular weight excluding hydrogens is 336 g/mol. The molecule has 0 amide bonds. The van der Waals surface area contributed by atoms with Gasteiger partial charge in [-0.15, -0.1) is 10.2 Å². The normalized spacial score (nSPS) is 19.9. The minimum Gasteiger partial charge on any atom is -0.303 e. The van der Waals surface area contributed by atoms with Crippen LogP contribution in [-0.4, -0.2) is 49.3 Å². The van der Waals surface area contributed by atoms with E-state index in [-0.39, 0.29) is 0 Å². The number of hydrogen-bond acceptors (Lipinski definition) is 5. The highest BCUT2D eigenvalue weighted by Gasteiger charge is 2.27. The van der Waals surface area contributed by atoms with Gasteiger partial charge in [0.05, 0.1) is 5.69 Å². The fraction of sp³-hybridized carbons (Fsp3) is 0.524. The van der Waals surface area contributed by atoms with Crippen molar-refractivity contribution in [3.63, 3.8) is 0 Å². The maximum absolute atomic E-state index is 4.82. The first kappa shape index (κ1) is 16.8. The molecule has 3 aromatic rings. The van der Waals surface area contributed by atoms with Crippen molar-refractivity contribution in [3.05, 3.63) is 42.5 Å². The molecule has 2 fully saturated rings. The topological polar surface area (TPSA) is 59.2 Å². The van der Waals surface area contributed by atoms with Crippen LogP contribution in [0.1, 0.15) is 50.3 Å². The third kappa shape index (κ3) is 3.46. The molecule has 140 valence electrons. The molecule has 1 saturated heterocycles. The van der Waals surface area contributed by atoms with Gasteiger partial charge in [-0.1, -0.05) is 12.8 Å². The van der Waals surface area contributed by atoms with Crippen LogP contribution in [0.3, 0.4) is 0 Å². The molecule has 0 bridgehead atoms. The molecule has 4 heterocycles. The van der Waals surface area contributed by atoms with Gasteiger partial charge in [-0.05, 0) is 69.0 Å². The number of nitrogens with zero attached hydrogens (tertiary/aromatic N) is 6. The highest BCUT2D eigenvalue weighted by molar-refractivity contribution is 5.58. The maximum Gasteiger partial charge on any atom is 0.177 e. The molecule has 3 aromatic heterocycles. The number of likely N-dealkylation sites (tertiary alicyclic amines) is 1. The van der Waals surface area contributed by atoms with E-state index in [1.165, 1.54) is 45.3 Å². The molecule has 0 N–H and O–H groups in total. The predicted octanol–water partition coefficient (Wildman–Crippen LogP) is 3.56. The lowest BCUT2D eigenvalue weighted by atomic mass is 9.95. The van der Waals surface area contributed by atoms with Crippen LogP contribution in [0.2, 0.25) is 0 Å². The first-order valence-electron chi connectivity index (χ1n) is 10.2. The third-order valence-electron chi connectivity index (χ3n) is 6.19. The van der Waals surface area contributed by atoms with Crippen molar-refractivity contribution >= 4 is 5.65 Å². The Morgan fingerprint density at radius 1 is 0.963 bits per heavy atom. The number of hydrogen-bond donors (Lipinski definition) is 0. The summed E-state index contributed by atoms with van der Waals surface area (Å²) >= 11 is 0. The van der Waals surface area contributed by atoms with E-state index in [0.29, 0.717) is 5.92 Å². The molecule has 1 aliphatic heterocycles. The van der Waals surface area contributed by atoms with Crippen LogP contribution in [0, 0.1) is 5.92 Å². The Labute approximate surface area is 159 Å². The second-order valence-corrected chi connectivity index (χ2v) is 8.01. The highest BCUT2D eigenvalue weighted by atomic mass is 15.4. The number of aromatic nitrogens is 5. The third-order valence-corrected chi connectivity index (χ3v) is 6.19. The molecule has 0 aromatic carbocycles. The summed E-state index contributed by atoms with van der Waals surface area (Å²) in [4.78, 5) is 6.86. The van der Waals surface area contributed by atoms with Crippen molar-refractivity contribution in [1.82, 2.24) is 29.7 Å². The van der Waals surface area contributed by atoms with Gasteiger partial charge < -0.3 is 4.90 Å². The summed E-state index contributed by atoms with van der Waals surface area (Å²) in [6.07, 6.45) is 11.6. The van der Waals surface area contributed by atoms with E-state index < -0.39 is 0 Å². The lowest BCUT2D eigenvalue weighted by Gasteiger charge is -2.32. The molecule has 0 radical (unpaired) electrons. The molecule has 6 nitrogen and oxygen atoms in total. The first-order chi connectivity index (χ1) is 13.4. The summed E-state index contributed by atoms with van der Waals surface area (Å²) in [5.74, 6) is 2.38. The van der Waals surface area contributed by atoms with Gasteiger partial charge in [0.25, 0.3) is 0 Å². The number of rotatable bonds is 4. The zero-order valence-corrected chi connectivity index (χ0v) is 15.7. The van der Waals surface area contributed by atoms with Crippen molar-refractivity contribution in [2.75, 3.05) is 19.6 Å². The molecule has 27 heavy (non-hydrogen) atoms. The molecule has 1 aliphatic carbocycles. The van der Waals surface area contributed by atoms with Crippen LogP contribution in [0.4, 0.5) is 0 Å². The molecule has 6 heteroatoms. The van der Waals surface area contributed by atoms with E-state index in [0.717, 1.165) is 41.5 Å². The fourth-order valence-corrected chi connectivity index (χ4v) is 4.66. The van der Waals surface area contributed by atoms with Crippen molar-refractivity contribution in [2.45, 2.75) is 44.4 Å². The van der Waals surface area contributed by atoms with Gasteiger partial charge in [-0.3, -0.25) is 4.98 Å². The number of piperidine rings is 1. The minimum atomic E-state index is 0.441. The Morgan fingerprint density at radius 2 is 1.81 bits per heavy atom. The Balaban J connectivity index is 1.33. The monoisotopic (exact) mass is 362 g/mol. The Bertz CT molecular complexity index is 891. The Kier molecular flexibility index (Phi) is 4.57. The standard InChI is InChI=1S/C21H26N6/c1-2-5-16(4-1)15-26-12-9-17(10-13-26)21-24-23-20-8-7-19(25-27(20)21)18-6-3-11-22-14-18/h3,6-8,11,14,16-17H,1-2,4-5,9-10,12-13,15H2. The Hall–Kier alpha value is -2.34. The first-order valence-corrected chi connectivity index (χ1v) is 10.2. The van der Waals surface area contributed by atoms with Gasteiger partial charge in [0.1, 0.15) is 0 Å². The lowest BCUT2D eigenvalue weighted by Crippen LogP contribution is -2.36. The summed E-state index contributed by atoms with van der Waals surface area (Å²) in [7, 11) is 0.